The molecule has 0 bridgehead atoms. The highest BCUT2D eigenvalue weighted by Crippen LogP contribution is 2.19. The summed E-state index contributed by atoms with van der Waals surface area (Å²) in [7, 11) is 0. The number of benzene rings is 1. The van der Waals surface area contributed by atoms with E-state index in [0.717, 1.165) is 17.3 Å². The number of carboxylic acid groups (broad SMARTS) is 1. The number of H-pyrrole nitrogens is 1. The predicted octanol–water partition coefficient (Wildman–Crippen LogP) is 5.16. The zero-order valence-electron chi connectivity index (χ0n) is 12.8. The van der Waals surface area contributed by atoms with Gasteiger partial charge in [-0.25, -0.2) is 4.79 Å². The van der Waals surface area contributed by atoms with Gasteiger partial charge < -0.3 is 10.1 Å². The first-order valence-electron chi connectivity index (χ1n) is 8.05. The minimum absolute atomic E-state index is 0.351. The van der Waals surface area contributed by atoms with Gasteiger partial charge in [-0.05, 0) is 37.1 Å². The van der Waals surface area contributed by atoms with Crippen LogP contribution in [0.15, 0.2) is 24.3 Å². The summed E-state index contributed by atoms with van der Waals surface area (Å²) in [6.45, 7) is 2.24. The third kappa shape index (κ3) is 4.62. The van der Waals surface area contributed by atoms with E-state index in [-0.39, 0.29) is 0 Å². The number of aromatic nitrogens is 1. The molecule has 0 fully saturated rings. The molecule has 0 atom stereocenters. The largest absolute Gasteiger partial charge is 0.478 e. The first-order valence-corrected chi connectivity index (χ1v) is 8.05. The van der Waals surface area contributed by atoms with Crippen LogP contribution in [-0.4, -0.2) is 16.1 Å². The molecule has 0 unspecified atom stereocenters. The Bertz CT molecular complexity index is 586. The van der Waals surface area contributed by atoms with Crippen LogP contribution in [0.3, 0.4) is 0 Å². The Hall–Kier alpha value is -1.77. The predicted molar refractivity (Wildman–Crippen MR) is 87.0 cm³/mol. The Balaban J connectivity index is 1.81. The van der Waals surface area contributed by atoms with Gasteiger partial charge in [0.1, 0.15) is 0 Å². The number of hydrogen-bond donors (Lipinski definition) is 2. The fourth-order valence-electron chi connectivity index (χ4n) is 2.73. The Kier molecular flexibility index (Phi) is 5.85. The minimum Gasteiger partial charge on any atom is -0.478 e. The highest BCUT2D eigenvalue weighted by Gasteiger charge is 2.06. The van der Waals surface area contributed by atoms with Crippen molar-refractivity contribution >= 4 is 16.9 Å². The Labute approximate surface area is 126 Å². The second kappa shape index (κ2) is 7.87. The lowest BCUT2D eigenvalue weighted by Gasteiger charge is -2.00. The number of fused-ring (bicyclic) bond motifs is 1. The van der Waals surface area contributed by atoms with Crippen molar-refractivity contribution in [3.63, 3.8) is 0 Å². The summed E-state index contributed by atoms with van der Waals surface area (Å²) in [6, 6.07) is 7.33. The van der Waals surface area contributed by atoms with Gasteiger partial charge in [-0.15, -0.1) is 0 Å². The number of carbonyl (C=O) groups is 1. The average Bonchev–Trinajstić information content (AvgIpc) is 2.88. The van der Waals surface area contributed by atoms with Crippen LogP contribution < -0.4 is 0 Å². The number of rotatable bonds is 9. The van der Waals surface area contributed by atoms with Crippen LogP contribution in [0.25, 0.3) is 10.9 Å². The fraction of sp³-hybridized carbons (Fsp3) is 0.500. The quantitative estimate of drug-likeness (QED) is 0.626. The van der Waals surface area contributed by atoms with Gasteiger partial charge in [-0.2, -0.15) is 0 Å². The lowest BCUT2D eigenvalue weighted by atomic mass is 10.1. The molecule has 1 aromatic heterocycles. The summed E-state index contributed by atoms with van der Waals surface area (Å²) >= 11 is 0. The van der Waals surface area contributed by atoms with E-state index in [1.165, 1.54) is 50.6 Å². The van der Waals surface area contributed by atoms with Crippen molar-refractivity contribution in [2.45, 2.75) is 58.3 Å². The topological polar surface area (TPSA) is 53.1 Å². The molecule has 0 aliphatic heterocycles. The number of carboxylic acids is 1. The summed E-state index contributed by atoms with van der Waals surface area (Å²) in [5.41, 5.74) is 2.59. The minimum atomic E-state index is -0.869. The zero-order chi connectivity index (χ0) is 15.1. The lowest BCUT2D eigenvalue weighted by Crippen LogP contribution is -1.94. The van der Waals surface area contributed by atoms with Crippen molar-refractivity contribution in [1.82, 2.24) is 4.98 Å². The van der Waals surface area contributed by atoms with Crippen molar-refractivity contribution in [2.75, 3.05) is 0 Å². The van der Waals surface area contributed by atoms with Crippen LogP contribution in [0.2, 0.25) is 0 Å². The van der Waals surface area contributed by atoms with Crippen molar-refractivity contribution < 1.29 is 9.90 Å². The first-order chi connectivity index (χ1) is 10.2. The van der Waals surface area contributed by atoms with Gasteiger partial charge >= 0.3 is 5.97 Å². The average molecular weight is 287 g/mol. The van der Waals surface area contributed by atoms with Crippen molar-refractivity contribution in [3.8, 4) is 0 Å². The van der Waals surface area contributed by atoms with Gasteiger partial charge in [0.2, 0.25) is 0 Å². The first kappa shape index (κ1) is 15.6. The second-order valence-electron chi connectivity index (χ2n) is 5.77. The number of nitrogens with one attached hydrogen (secondary N) is 1. The molecule has 0 aliphatic carbocycles. The number of aromatic carboxylic acids is 1. The van der Waals surface area contributed by atoms with Crippen LogP contribution in [0.1, 0.15) is 67.9 Å². The molecule has 0 radical (unpaired) electrons. The standard InChI is InChI=1S/C18H25NO2/c1-2-3-4-5-6-7-8-9-16-13-15-12-14(18(20)21)10-11-17(15)19-16/h10-13,19H,2-9H2,1H3,(H,20,21). The molecule has 114 valence electrons. The normalized spacial score (nSPS) is 11.1. The molecule has 2 aromatic rings. The number of aromatic amines is 1. The summed E-state index contributed by atoms with van der Waals surface area (Å²) in [5, 5.41) is 10.00. The molecule has 3 nitrogen and oxygen atoms in total. The smallest absolute Gasteiger partial charge is 0.335 e. The highest BCUT2D eigenvalue weighted by atomic mass is 16.4. The van der Waals surface area contributed by atoms with Crippen LogP contribution in [0.5, 0.6) is 0 Å². The molecule has 0 aliphatic rings. The van der Waals surface area contributed by atoms with E-state index in [4.69, 9.17) is 5.11 Å². The van der Waals surface area contributed by atoms with Gasteiger partial charge in [-0.3, -0.25) is 0 Å². The van der Waals surface area contributed by atoms with Crippen LogP contribution in [-0.2, 0) is 6.42 Å². The summed E-state index contributed by atoms with van der Waals surface area (Å²) in [4.78, 5) is 14.3. The summed E-state index contributed by atoms with van der Waals surface area (Å²) in [5.74, 6) is -0.869. The monoisotopic (exact) mass is 287 g/mol. The zero-order valence-corrected chi connectivity index (χ0v) is 12.8. The highest BCUT2D eigenvalue weighted by molar-refractivity contribution is 5.93. The van der Waals surface area contributed by atoms with Crippen LogP contribution >= 0.6 is 0 Å². The van der Waals surface area contributed by atoms with Crippen molar-refractivity contribution in [1.29, 1.82) is 0 Å². The van der Waals surface area contributed by atoms with E-state index in [2.05, 4.69) is 18.0 Å². The van der Waals surface area contributed by atoms with E-state index in [1.54, 1.807) is 12.1 Å². The molecule has 2 rings (SSSR count). The number of unbranched alkanes of at least 4 members (excludes halogenated alkanes) is 6. The SMILES string of the molecule is CCCCCCCCCc1cc2cc(C(=O)O)ccc2[nH]1. The Morgan fingerprint density at radius 1 is 1.05 bits per heavy atom. The van der Waals surface area contributed by atoms with Crippen LogP contribution in [0, 0.1) is 0 Å². The molecule has 0 saturated carbocycles. The van der Waals surface area contributed by atoms with Gasteiger partial charge in [0.25, 0.3) is 0 Å². The summed E-state index contributed by atoms with van der Waals surface area (Å²) in [6.07, 6.45) is 10.2. The van der Waals surface area contributed by atoms with Gasteiger partial charge in [-0.1, -0.05) is 45.4 Å². The molecule has 2 N–H and O–H groups in total. The maximum Gasteiger partial charge on any atom is 0.335 e. The third-order valence-electron chi connectivity index (χ3n) is 3.97. The summed E-state index contributed by atoms with van der Waals surface area (Å²) < 4.78 is 0. The van der Waals surface area contributed by atoms with E-state index in [1.807, 2.05) is 6.07 Å². The Morgan fingerprint density at radius 3 is 2.48 bits per heavy atom. The second-order valence-corrected chi connectivity index (χ2v) is 5.77. The van der Waals surface area contributed by atoms with E-state index in [0.29, 0.717) is 5.56 Å². The molecule has 1 heterocycles. The fourth-order valence-corrected chi connectivity index (χ4v) is 2.73. The number of aryl methyl sites for hydroxylation is 1. The lowest BCUT2D eigenvalue weighted by molar-refractivity contribution is 0.0697. The van der Waals surface area contributed by atoms with E-state index < -0.39 is 5.97 Å². The molecule has 3 heteroatoms. The van der Waals surface area contributed by atoms with Gasteiger partial charge in [0, 0.05) is 16.6 Å². The molecule has 0 saturated heterocycles. The molecular formula is C18H25NO2. The third-order valence-corrected chi connectivity index (χ3v) is 3.97. The molecule has 21 heavy (non-hydrogen) atoms. The van der Waals surface area contributed by atoms with Gasteiger partial charge in [0.05, 0.1) is 5.56 Å². The molecular weight excluding hydrogens is 262 g/mol. The molecule has 0 spiro atoms. The molecule has 0 amide bonds. The van der Waals surface area contributed by atoms with E-state index in [9.17, 15) is 4.79 Å². The van der Waals surface area contributed by atoms with Crippen molar-refractivity contribution in [2.24, 2.45) is 0 Å². The van der Waals surface area contributed by atoms with Crippen molar-refractivity contribution in [3.05, 3.63) is 35.5 Å². The maximum absolute atomic E-state index is 11.0. The van der Waals surface area contributed by atoms with E-state index >= 15 is 0 Å². The Morgan fingerprint density at radius 2 is 1.76 bits per heavy atom. The van der Waals surface area contributed by atoms with Crippen LogP contribution in [0.4, 0.5) is 0 Å². The molecule has 1 aromatic carbocycles. The van der Waals surface area contributed by atoms with Gasteiger partial charge in [0.15, 0.2) is 0 Å². The maximum atomic E-state index is 11.0. The number of hydrogen-bond acceptors (Lipinski definition) is 1.